The smallest absolute Gasteiger partial charge is 0.161 e. The minimum Gasteiger partial charge on any atom is -0.486 e. The molecule has 6 nitrogen and oxygen atoms in total. The van der Waals surface area contributed by atoms with E-state index in [-0.39, 0.29) is 6.04 Å². The molecule has 2 heterocycles. The number of rotatable bonds is 6. The Bertz CT molecular complexity index is 739. The third-order valence-corrected chi connectivity index (χ3v) is 4.64. The van der Waals surface area contributed by atoms with Crippen LogP contribution in [0.25, 0.3) is 0 Å². The zero-order chi connectivity index (χ0) is 18.0. The van der Waals surface area contributed by atoms with E-state index in [1.165, 1.54) is 11.1 Å². The highest BCUT2D eigenvalue weighted by atomic mass is 16.6. The molecular formula is C19H28N4O2. The third-order valence-electron chi connectivity index (χ3n) is 4.64. The quantitative estimate of drug-likeness (QED) is 0.873. The fourth-order valence-corrected chi connectivity index (χ4v) is 3.46. The second-order valence-corrected chi connectivity index (χ2v) is 6.65. The predicted molar refractivity (Wildman–Crippen MR) is 99.6 cm³/mol. The van der Waals surface area contributed by atoms with Crippen molar-refractivity contribution in [3.63, 3.8) is 0 Å². The van der Waals surface area contributed by atoms with Crippen molar-refractivity contribution >= 4 is 5.82 Å². The van der Waals surface area contributed by atoms with E-state index in [0.717, 1.165) is 36.0 Å². The standard InChI is InChI=1S/C19H28N4O2/c1-6-16(14-7-8-17-18(11-14)25-10-9-24-17)20-12-15-13(2)21-23(5)19(15)22(3)4/h7-8,11,16,20H,6,9-10,12H2,1-5H3/t16-/m0/s1. The SMILES string of the molecule is CC[C@H](NCc1c(C)nn(C)c1N(C)C)c1ccc2c(c1)OCCO2. The number of hydrogen-bond acceptors (Lipinski definition) is 5. The second-order valence-electron chi connectivity index (χ2n) is 6.65. The highest BCUT2D eigenvalue weighted by molar-refractivity contribution is 5.49. The van der Waals surface area contributed by atoms with Gasteiger partial charge in [-0.2, -0.15) is 5.10 Å². The van der Waals surface area contributed by atoms with Crippen LogP contribution >= 0.6 is 0 Å². The van der Waals surface area contributed by atoms with Crippen LogP contribution < -0.4 is 19.7 Å². The number of hydrogen-bond donors (Lipinski definition) is 1. The topological polar surface area (TPSA) is 51.6 Å². The molecule has 2 aromatic rings. The molecule has 0 aliphatic carbocycles. The zero-order valence-electron chi connectivity index (χ0n) is 15.8. The van der Waals surface area contributed by atoms with Crippen LogP contribution in [0.5, 0.6) is 11.5 Å². The van der Waals surface area contributed by atoms with Crippen molar-refractivity contribution < 1.29 is 9.47 Å². The molecule has 0 fully saturated rings. The van der Waals surface area contributed by atoms with Crippen molar-refractivity contribution in [3.05, 3.63) is 35.0 Å². The van der Waals surface area contributed by atoms with E-state index >= 15 is 0 Å². The molecule has 136 valence electrons. The number of anilines is 1. The van der Waals surface area contributed by atoms with Gasteiger partial charge in [-0.05, 0) is 31.0 Å². The second kappa shape index (κ2) is 7.35. The maximum atomic E-state index is 5.72. The van der Waals surface area contributed by atoms with Gasteiger partial charge in [0.15, 0.2) is 11.5 Å². The molecule has 0 spiro atoms. The normalized spacial score (nSPS) is 14.4. The summed E-state index contributed by atoms with van der Waals surface area (Å²) in [6.07, 6.45) is 0.996. The summed E-state index contributed by atoms with van der Waals surface area (Å²) in [5.74, 6) is 2.82. The van der Waals surface area contributed by atoms with Gasteiger partial charge in [0.2, 0.25) is 0 Å². The largest absolute Gasteiger partial charge is 0.486 e. The summed E-state index contributed by atoms with van der Waals surface area (Å²) >= 11 is 0. The van der Waals surface area contributed by atoms with Crippen LogP contribution in [0.4, 0.5) is 5.82 Å². The summed E-state index contributed by atoms with van der Waals surface area (Å²) in [4.78, 5) is 2.11. The van der Waals surface area contributed by atoms with Crippen LogP contribution in [0.15, 0.2) is 18.2 Å². The molecule has 0 unspecified atom stereocenters. The van der Waals surface area contributed by atoms with Crippen molar-refractivity contribution in [2.45, 2.75) is 32.9 Å². The van der Waals surface area contributed by atoms with Crippen LogP contribution in [0.1, 0.15) is 36.2 Å². The molecule has 0 radical (unpaired) electrons. The highest BCUT2D eigenvalue weighted by Crippen LogP contribution is 2.33. The van der Waals surface area contributed by atoms with Crippen molar-refractivity contribution in [2.24, 2.45) is 7.05 Å². The summed E-state index contributed by atoms with van der Waals surface area (Å²) in [5.41, 5.74) is 3.53. The van der Waals surface area contributed by atoms with Crippen LogP contribution in [-0.2, 0) is 13.6 Å². The van der Waals surface area contributed by atoms with E-state index < -0.39 is 0 Å². The Labute approximate surface area is 149 Å². The molecule has 1 aliphatic rings. The Balaban J connectivity index is 1.78. The maximum absolute atomic E-state index is 5.72. The Morgan fingerprint density at radius 1 is 1.24 bits per heavy atom. The van der Waals surface area contributed by atoms with E-state index in [9.17, 15) is 0 Å². The molecule has 1 aliphatic heterocycles. The van der Waals surface area contributed by atoms with E-state index in [4.69, 9.17) is 9.47 Å². The maximum Gasteiger partial charge on any atom is 0.161 e. The van der Waals surface area contributed by atoms with Gasteiger partial charge in [0.05, 0.1) is 5.69 Å². The average molecular weight is 344 g/mol. The molecule has 0 saturated heterocycles. The Hall–Kier alpha value is -2.21. The van der Waals surface area contributed by atoms with Gasteiger partial charge < -0.3 is 19.7 Å². The van der Waals surface area contributed by atoms with Gasteiger partial charge in [-0.3, -0.25) is 4.68 Å². The van der Waals surface area contributed by atoms with Crippen LogP contribution in [0.3, 0.4) is 0 Å². The molecule has 0 bridgehead atoms. The van der Waals surface area contributed by atoms with Gasteiger partial charge >= 0.3 is 0 Å². The first-order chi connectivity index (χ1) is 12.0. The van der Waals surface area contributed by atoms with Crippen LogP contribution in [0.2, 0.25) is 0 Å². The van der Waals surface area contributed by atoms with E-state index in [0.29, 0.717) is 13.2 Å². The van der Waals surface area contributed by atoms with Gasteiger partial charge in [0.25, 0.3) is 0 Å². The molecule has 3 rings (SSSR count). The predicted octanol–water partition coefficient (Wildman–Crippen LogP) is 2.81. The monoisotopic (exact) mass is 344 g/mol. The fraction of sp³-hybridized carbons (Fsp3) is 0.526. The van der Waals surface area contributed by atoms with Crippen molar-refractivity contribution in [3.8, 4) is 11.5 Å². The number of aryl methyl sites for hydroxylation is 2. The Morgan fingerprint density at radius 2 is 1.96 bits per heavy atom. The van der Waals surface area contributed by atoms with E-state index in [1.807, 2.05) is 17.8 Å². The first-order valence-electron chi connectivity index (χ1n) is 8.84. The lowest BCUT2D eigenvalue weighted by Gasteiger charge is -2.23. The minimum absolute atomic E-state index is 0.255. The Kier molecular flexibility index (Phi) is 5.18. The molecule has 25 heavy (non-hydrogen) atoms. The molecule has 0 amide bonds. The first kappa shape index (κ1) is 17.6. The molecule has 1 aromatic carbocycles. The number of ether oxygens (including phenoxy) is 2. The van der Waals surface area contributed by atoms with Gasteiger partial charge in [0.1, 0.15) is 19.0 Å². The molecule has 6 heteroatoms. The summed E-state index contributed by atoms with van der Waals surface area (Å²) in [5, 5.41) is 8.25. The highest BCUT2D eigenvalue weighted by Gasteiger charge is 2.19. The molecular weight excluding hydrogens is 316 g/mol. The van der Waals surface area contributed by atoms with Gasteiger partial charge in [-0.1, -0.05) is 13.0 Å². The minimum atomic E-state index is 0.255. The summed E-state index contributed by atoms with van der Waals surface area (Å²) in [7, 11) is 6.10. The lowest BCUT2D eigenvalue weighted by Crippen LogP contribution is -2.23. The fourth-order valence-electron chi connectivity index (χ4n) is 3.46. The van der Waals surface area contributed by atoms with Crippen molar-refractivity contribution in [1.29, 1.82) is 0 Å². The summed E-state index contributed by atoms with van der Waals surface area (Å²) in [6.45, 7) is 6.27. The Morgan fingerprint density at radius 3 is 2.64 bits per heavy atom. The number of nitrogens with zero attached hydrogens (tertiary/aromatic N) is 3. The molecule has 1 aromatic heterocycles. The molecule has 1 atom stereocenters. The van der Waals surface area contributed by atoms with Gasteiger partial charge in [-0.15, -0.1) is 0 Å². The third kappa shape index (κ3) is 3.58. The molecule has 0 saturated carbocycles. The van der Waals surface area contributed by atoms with E-state index in [2.05, 4.69) is 55.4 Å². The van der Waals surface area contributed by atoms with Gasteiger partial charge in [0, 0.05) is 39.3 Å². The number of fused-ring (bicyclic) bond motifs is 1. The number of benzene rings is 1. The van der Waals surface area contributed by atoms with Crippen LogP contribution in [-0.4, -0.2) is 37.1 Å². The van der Waals surface area contributed by atoms with Crippen molar-refractivity contribution in [1.82, 2.24) is 15.1 Å². The average Bonchev–Trinajstić information content (AvgIpc) is 2.89. The van der Waals surface area contributed by atoms with E-state index in [1.54, 1.807) is 0 Å². The number of aromatic nitrogens is 2. The lowest BCUT2D eigenvalue weighted by atomic mass is 10.0. The number of nitrogens with one attached hydrogen (secondary N) is 1. The summed E-state index contributed by atoms with van der Waals surface area (Å²) in [6, 6.07) is 6.48. The van der Waals surface area contributed by atoms with Crippen LogP contribution in [0, 0.1) is 6.92 Å². The van der Waals surface area contributed by atoms with Crippen molar-refractivity contribution in [2.75, 3.05) is 32.2 Å². The lowest BCUT2D eigenvalue weighted by molar-refractivity contribution is 0.171. The first-order valence-corrected chi connectivity index (χ1v) is 8.84. The zero-order valence-corrected chi connectivity index (χ0v) is 15.8. The van der Waals surface area contributed by atoms with Gasteiger partial charge in [-0.25, -0.2) is 0 Å². The summed E-state index contributed by atoms with van der Waals surface area (Å²) < 4.78 is 13.3. The molecule has 1 N–H and O–H groups in total.